The van der Waals surface area contributed by atoms with E-state index in [4.69, 9.17) is 4.74 Å². The summed E-state index contributed by atoms with van der Waals surface area (Å²) in [5, 5.41) is 10.7. The number of benzene rings is 2. The smallest absolute Gasteiger partial charge is 0.277 e. The van der Waals surface area contributed by atoms with Gasteiger partial charge in [-0.3, -0.25) is 14.3 Å². The molecule has 1 N–H and O–H groups in total. The highest BCUT2D eigenvalue weighted by molar-refractivity contribution is 7.91. The van der Waals surface area contributed by atoms with Crippen molar-refractivity contribution in [2.75, 3.05) is 6.61 Å². The third-order valence-corrected chi connectivity index (χ3v) is 8.00. The zero-order chi connectivity index (χ0) is 26.6. The van der Waals surface area contributed by atoms with E-state index < -0.39 is 32.2 Å². The minimum Gasteiger partial charge on any atom is -0.492 e. The zero-order valence-electron chi connectivity index (χ0n) is 21.0. The molecule has 0 fully saturated rings. The van der Waals surface area contributed by atoms with E-state index in [1.54, 1.807) is 31.5 Å². The fourth-order valence-electron chi connectivity index (χ4n) is 4.37. The predicted octanol–water partition coefficient (Wildman–Crippen LogP) is 4.69. The third-order valence-electron chi connectivity index (χ3n) is 6.21. The van der Waals surface area contributed by atoms with Crippen LogP contribution in [0.5, 0.6) is 5.88 Å². The van der Waals surface area contributed by atoms with Crippen LogP contribution >= 0.6 is 0 Å². The van der Waals surface area contributed by atoms with E-state index in [2.05, 4.69) is 9.97 Å². The first-order valence-electron chi connectivity index (χ1n) is 12.0. The van der Waals surface area contributed by atoms with Crippen LogP contribution in [0, 0.1) is 6.92 Å². The van der Waals surface area contributed by atoms with Crippen molar-refractivity contribution < 1.29 is 18.3 Å². The molecule has 37 heavy (non-hydrogen) atoms. The minimum atomic E-state index is -4.39. The normalized spacial score (nSPS) is 12.4. The van der Waals surface area contributed by atoms with Crippen LogP contribution in [0.15, 0.2) is 87.6 Å². The fraction of sp³-hybridized carbons (Fsp3) is 0.250. The molecule has 0 aliphatic heterocycles. The number of aryl methyl sites for hydroxylation is 1. The Hall–Kier alpha value is -3.82. The molecule has 2 aromatic heterocycles. The van der Waals surface area contributed by atoms with Crippen molar-refractivity contribution in [1.29, 1.82) is 0 Å². The lowest BCUT2D eigenvalue weighted by Crippen LogP contribution is -2.33. The quantitative estimate of drug-likeness (QED) is 0.341. The Morgan fingerprint density at radius 3 is 2.35 bits per heavy atom. The van der Waals surface area contributed by atoms with Gasteiger partial charge in [-0.15, -0.1) is 0 Å². The molecule has 0 aliphatic rings. The molecule has 1 atom stereocenters. The van der Waals surface area contributed by atoms with Gasteiger partial charge in [0, 0.05) is 19.0 Å². The monoisotopic (exact) mass is 519 g/mol. The Bertz CT molecular complexity index is 1550. The van der Waals surface area contributed by atoms with Crippen molar-refractivity contribution in [2.24, 2.45) is 0 Å². The summed E-state index contributed by atoms with van der Waals surface area (Å²) in [6.45, 7) is 5.92. The van der Waals surface area contributed by atoms with Gasteiger partial charge >= 0.3 is 0 Å². The topological polar surface area (TPSA) is 111 Å². The van der Waals surface area contributed by atoms with Gasteiger partial charge in [-0.2, -0.15) is 4.98 Å². The first-order chi connectivity index (χ1) is 17.8. The molecule has 0 radical (unpaired) electrons. The number of hydrogen-bond acceptors (Lipinski definition) is 7. The second kappa shape index (κ2) is 11.1. The van der Waals surface area contributed by atoms with Gasteiger partial charge in [-0.25, -0.2) is 8.42 Å². The Morgan fingerprint density at radius 2 is 1.73 bits per heavy atom. The minimum absolute atomic E-state index is 0.0526. The molecule has 4 rings (SSSR count). The summed E-state index contributed by atoms with van der Waals surface area (Å²) in [6, 6.07) is 16.8. The molecule has 0 saturated heterocycles. The first-order valence-corrected chi connectivity index (χ1v) is 13.5. The molecule has 0 saturated carbocycles. The molecule has 2 heterocycles. The number of sulfone groups is 1. The van der Waals surface area contributed by atoms with Crippen LogP contribution in [0.1, 0.15) is 43.3 Å². The standard InChI is InChI=1S/C28H29N3O5S/c1-4-24(21-9-7-6-8-10-21)31-25(18-36-5-2)30-27(32)26(28(31)33)37(34,35)22-13-11-20(12-14-22)23-15-16-29-17-19(23)3/h6-17,24,32H,4-5,18H2,1-3H3/t24-/m0/s1. The second-order valence-electron chi connectivity index (χ2n) is 8.55. The van der Waals surface area contributed by atoms with Crippen molar-refractivity contribution in [3.05, 3.63) is 100 Å². The number of aromatic nitrogens is 3. The molecule has 9 heteroatoms. The van der Waals surface area contributed by atoms with E-state index in [1.165, 1.54) is 16.7 Å². The van der Waals surface area contributed by atoms with E-state index in [9.17, 15) is 18.3 Å². The maximum Gasteiger partial charge on any atom is 0.277 e. The van der Waals surface area contributed by atoms with Gasteiger partial charge in [0.25, 0.3) is 5.56 Å². The van der Waals surface area contributed by atoms with Crippen molar-refractivity contribution >= 4 is 9.84 Å². The molecule has 4 aromatic rings. The number of ether oxygens (including phenoxy) is 1. The van der Waals surface area contributed by atoms with Crippen LogP contribution in [0.3, 0.4) is 0 Å². The van der Waals surface area contributed by atoms with E-state index in [1.807, 2.05) is 50.2 Å². The maximum absolute atomic E-state index is 13.8. The van der Waals surface area contributed by atoms with Gasteiger partial charge in [0.05, 0.1) is 10.9 Å². The summed E-state index contributed by atoms with van der Waals surface area (Å²) in [7, 11) is -4.39. The third kappa shape index (κ3) is 5.19. The van der Waals surface area contributed by atoms with Crippen LogP contribution in [-0.4, -0.2) is 34.7 Å². The molecule has 0 spiro atoms. The van der Waals surface area contributed by atoms with E-state index >= 15 is 0 Å². The van der Waals surface area contributed by atoms with Crippen LogP contribution in [-0.2, 0) is 21.2 Å². The largest absolute Gasteiger partial charge is 0.492 e. The van der Waals surface area contributed by atoms with Gasteiger partial charge in [-0.1, -0.05) is 49.4 Å². The highest BCUT2D eigenvalue weighted by Crippen LogP contribution is 2.30. The molecule has 0 bridgehead atoms. The molecule has 8 nitrogen and oxygen atoms in total. The van der Waals surface area contributed by atoms with Crippen LogP contribution in [0.2, 0.25) is 0 Å². The lowest BCUT2D eigenvalue weighted by atomic mass is 10.0. The summed E-state index contributed by atoms with van der Waals surface area (Å²) < 4.78 is 34.1. The summed E-state index contributed by atoms with van der Waals surface area (Å²) in [6.07, 6.45) is 3.89. The average molecular weight is 520 g/mol. The highest BCUT2D eigenvalue weighted by Gasteiger charge is 2.31. The Kier molecular flexibility index (Phi) is 7.85. The summed E-state index contributed by atoms with van der Waals surface area (Å²) in [5.74, 6) is -0.685. The average Bonchev–Trinajstić information content (AvgIpc) is 2.90. The van der Waals surface area contributed by atoms with Gasteiger partial charge in [0.2, 0.25) is 15.7 Å². The number of nitrogens with zero attached hydrogens (tertiary/aromatic N) is 3. The van der Waals surface area contributed by atoms with Crippen molar-refractivity contribution in [3.63, 3.8) is 0 Å². The number of rotatable bonds is 9. The van der Waals surface area contributed by atoms with E-state index in [0.29, 0.717) is 13.0 Å². The Morgan fingerprint density at radius 1 is 1.03 bits per heavy atom. The number of aromatic hydroxyl groups is 1. The van der Waals surface area contributed by atoms with Gasteiger partial charge in [0.15, 0.2) is 4.90 Å². The second-order valence-corrected chi connectivity index (χ2v) is 10.4. The first kappa shape index (κ1) is 26.2. The van der Waals surface area contributed by atoms with Crippen LogP contribution < -0.4 is 5.56 Å². The Balaban J connectivity index is 1.86. The molecular weight excluding hydrogens is 490 g/mol. The molecule has 2 aromatic carbocycles. The fourth-order valence-corrected chi connectivity index (χ4v) is 5.72. The van der Waals surface area contributed by atoms with Crippen molar-refractivity contribution in [3.8, 4) is 17.0 Å². The SMILES string of the molecule is CCOCc1nc(O)c(S(=O)(=O)c2ccc(-c3ccncc3C)cc2)c(=O)n1[C@@H](CC)c1ccccc1. The van der Waals surface area contributed by atoms with Gasteiger partial charge < -0.3 is 9.84 Å². The number of hydrogen-bond donors (Lipinski definition) is 1. The summed E-state index contributed by atoms with van der Waals surface area (Å²) in [5.41, 5.74) is 2.64. The maximum atomic E-state index is 13.8. The van der Waals surface area contributed by atoms with Crippen LogP contribution in [0.4, 0.5) is 0 Å². The van der Waals surface area contributed by atoms with E-state index in [-0.39, 0.29) is 17.3 Å². The van der Waals surface area contributed by atoms with Gasteiger partial charge in [-0.05, 0) is 60.7 Å². The van der Waals surface area contributed by atoms with E-state index in [0.717, 1.165) is 22.3 Å². The van der Waals surface area contributed by atoms with Crippen molar-refractivity contribution in [1.82, 2.24) is 14.5 Å². The highest BCUT2D eigenvalue weighted by atomic mass is 32.2. The summed E-state index contributed by atoms with van der Waals surface area (Å²) in [4.78, 5) is 21.2. The molecule has 0 amide bonds. The Labute approximate surface area is 216 Å². The van der Waals surface area contributed by atoms with Crippen LogP contribution in [0.25, 0.3) is 11.1 Å². The lowest BCUT2D eigenvalue weighted by Gasteiger charge is -2.23. The van der Waals surface area contributed by atoms with Gasteiger partial charge in [0.1, 0.15) is 12.4 Å². The zero-order valence-corrected chi connectivity index (χ0v) is 21.8. The summed E-state index contributed by atoms with van der Waals surface area (Å²) >= 11 is 0. The lowest BCUT2D eigenvalue weighted by molar-refractivity contribution is 0.122. The molecule has 0 unspecified atom stereocenters. The molecule has 0 aliphatic carbocycles. The van der Waals surface area contributed by atoms with Crippen molar-refractivity contribution in [2.45, 2.75) is 49.6 Å². The molecular formula is C28H29N3O5S. The molecule has 192 valence electrons. The predicted molar refractivity (Wildman–Crippen MR) is 140 cm³/mol. The number of pyridine rings is 1.